The Morgan fingerprint density at radius 3 is 2.86 bits per heavy atom. The molecule has 0 spiro atoms. The van der Waals surface area contributed by atoms with Crippen molar-refractivity contribution in [2.75, 3.05) is 0 Å². The van der Waals surface area contributed by atoms with E-state index in [1.165, 1.54) is 24.0 Å². The van der Waals surface area contributed by atoms with Crippen molar-refractivity contribution in [3.8, 4) is 0 Å². The van der Waals surface area contributed by atoms with Crippen molar-refractivity contribution < 1.29 is 4.79 Å². The first-order valence-corrected chi connectivity index (χ1v) is 4.97. The molecule has 0 saturated heterocycles. The Balaban J connectivity index is 2.51. The molecular formula is C11H14N2O. The normalized spacial score (nSPS) is 14.9. The molecule has 0 bridgehead atoms. The molecule has 0 atom stereocenters. The number of primary amides is 1. The second-order valence-corrected chi connectivity index (χ2v) is 3.80. The van der Waals surface area contributed by atoms with Crippen LogP contribution in [0, 0.1) is 6.92 Å². The monoisotopic (exact) mass is 190 g/mol. The first-order valence-electron chi connectivity index (χ1n) is 4.97. The van der Waals surface area contributed by atoms with Gasteiger partial charge in [0.1, 0.15) is 5.69 Å². The molecular weight excluding hydrogens is 176 g/mol. The Bertz CT molecular complexity index is 385. The Kier molecular flexibility index (Phi) is 2.23. The predicted octanol–water partition coefficient (Wildman–Crippen LogP) is 1.37. The maximum absolute atomic E-state index is 11.0. The Hall–Kier alpha value is -1.38. The minimum atomic E-state index is -0.429. The number of hydrogen-bond donors (Lipinski definition) is 1. The number of amides is 1. The van der Waals surface area contributed by atoms with Gasteiger partial charge in [-0.3, -0.25) is 4.79 Å². The summed E-state index contributed by atoms with van der Waals surface area (Å²) in [7, 11) is 0. The standard InChI is InChI=1S/C11H14N2O/c1-7-9-5-3-2-4-8(9)6-10(13-7)11(12)14/h6H,2-5H2,1H3,(H2,12,14). The van der Waals surface area contributed by atoms with Gasteiger partial charge >= 0.3 is 0 Å². The molecule has 0 saturated carbocycles. The van der Waals surface area contributed by atoms with Crippen molar-refractivity contribution >= 4 is 5.91 Å². The molecule has 0 fully saturated rings. The summed E-state index contributed by atoms with van der Waals surface area (Å²) in [6.45, 7) is 1.95. The smallest absolute Gasteiger partial charge is 0.267 e. The molecule has 0 radical (unpaired) electrons. The topological polar surface area (TPSA) is 56.0 Å². The van der Waals surface area contributed by atoms with Gasteiger partial charge in [-0.25, -0.2) is 4.98 Å². The molecule has 1 aromatic rings. The van der Waals surface area contributed by atoms with Gasteiger partial charge in [-0.2, -0.15) is 0 Å². The number of carbonyl (C=O) groups is 1. The summed E-state index contributed by atoms with van der Waals surface area (Å²) in [4.78, 5) is 15.2. The maximum Gasteiger partial charge on any atom is 0.267 e. The molecule has 1 amide bonds. The van der Waals surface area contributed by atoms with E-state index in [-0.39, 0.29) is 0 Å². The zero-order valence-electron chi connectivity index (χ0n) is 8.34. The minimum Gasteiger partial charge on any atom is -0.364 e. The summed E-state index contributed by atoms with van der Waals surface area (Å²) < 4.78 is 0. The van der Waals surface area contributed by atoms with Crippen LogP contribution >= 0.6 is 0 Å². The highest BCUT2D eigenvalue weighted by atomic mass is 16.1. The highest BCUT2D eigenvalue weighted by Crippen LogP contribution is 2.23. The number of aromatic nitrogens is 1. The summed E-state index contributed by atoms with van der Waals surface area (Å²) in [5, 5.41) is 0. The van der Waals surface area contributed by atoms with Crippen molar-refractivity contribution in [3.63, 3.8) is 0 Å². The van der Waals surface area contributed by atoms with Crippen molar-refractivity contribution in [2.24, 2.45) is 5.73 Å². The predicted molar refractivity (Wildman–Crippen MR) is 54.1 cm³/mol. The Morgan fingerprint density at radius 2 is 2.14 bits per heavy atom. The third-order valence-electron chi connectivity index (χ3n) is 2.80. The van der Waals surface area contributed by atoms with Crippen molar-refractivity contribution in [1.82, 2.24) is 4.98 Å². The average Bonchev–Trinajstić information content (AvgIpc) is 2.17. The number of rotatable bonds is 1. The number of hydrogen-bond acceptors (Lipinski definition) is 2. The molecule has 74 valence electrons. The van der Waals surface area contributed by atoms with E-state index in [1.54, 1.807) is 0 Å². The van der Waals surface area contributed by atoms with Crippen LogP contribution in [0.2, 0.25) is 0 Å². The summed E-state index contributed by atoms with van der Waals surface area (Å²) >= 11 is 0. The Labute approximate surface area is 83.3 Å². The lowest BCUT2D eigenvalue weighted by atomic mass is 9.90. The molecule has 1 aliphatic rings. The molecule has 2 rings (SSSR count). The lowest BCUT2D eigenvalue weighted by Gasteiger charge is -2.17. The number of fused-ring (bicyclic) bond motifs is 1. The maximum atomic E-state index is 11.0. The van der Waals surface area contributed by atoms with E-state index < -0.39 is 5.91 Å². The van der Waals surface area contributed by atoms with Gasteiger partial charge in [-0.15, -0.1) is 0 Å². The minimum absolute atomic E-state index is 0.406. The molecule has 1 aliphatic carbocycles. The Morgan fingerprint density at radius 1 is 1.43 bits per heavy atom. The van der Waals surface area contributed by atoms with Crippen LogP contribution in [0.1, 0.15) is 40.2 Å². The number of nitrogens with zero attached hydrogens (tertiary/aromatic N) is 1. The number of pyridine rings is 1. The van der Waals surface area contributed by atoms with Gasteiger partial charge in [-0.05, 0) is 49.8 Å². The van der Waals surface area contributed by atoms with Crippen LogP contribution < -0.4 is 5.73 Å². The van der Waals surface area contributed by atoms with E-state index in [1.807, 2.05) is 13.0 Å². The van der Waals surface area contributed by atoms with Crippen molar-refractivity contribution in [3.05, 3.63) is 28.6 Å². The van der Waals surface area contributed by atoms with Crippen LogP contribution in [-0.4, -0.2) is 10.9 Å². The van der Waals surface area contributed by atoms with Gasteiger partial charge in [0.15, 0.2) is 0 Å². The van der Waals surface area contributed by atoms with Gasteiger partial charge in [0.25, 0.3) is 5.91 Å². The van der Waals surface area contributed by atoms with Gasteiger partial charge in [0.05, 0.1) is 0 Å². The van der Waals surface area contributed by atoms with Gasteiger partial charge in [0.2, 0.25) is 0 Å². The fourth-order valence-electron chi connectivity index (χ4n) is 2.07. The van der Waals surface area contributed by atoms with E-state index in [2.05, 4.69) is 4.98 Å². The average molecular weight is 190 g/mol. The lowest BCUT2D eigenvalue weighted by Crippen LogP contribution is -2.16. The largest absolute Gasteiger partial charge is 0.364 e. The number of nitrogens with two attached hydrogens (primary N) is 1. The molecule has 3 nitrogen and oxygen atoms in total. The first-order chi connectivity index (χ1) is 6.68. The van der Waals surface area contributed by atoms with Crippen LogP contribution in [0.15, 0.2) is 6.07 Å². The van der Waals surface area contributed by atoms with Crippen LogP contribution in [0.3, 0.4) is 0 Å². The molecule has 0 aliphatic heterocycles. The zero-order chi connectivity index (χ0) is 10.1. The second kappa shape index (κ2) is 3.40. The number of aryl methyl sites for hydroxylation is 2. The first kappa shape index (κ1) is 9.19. The fraction of sp³-hybridized carbons (Fsp3) is 0.455. The summed E-state index contributed by atoms with van der Waals surface area (Å²) in [6.07, 6.45) is 4.58. The third-order valence-corrected chi connectivity index (χ3v) is 2.80. The molecule has 14 heavy (non-hydrogen) atoms. The van der Waals surface area contributed by atoms with Gasteiger partial charge in [-0.1, -0.05) is 0 Å². The van der Waals surface area contributed by atoms with E-state index in [9.17, 15) is 4.79 Å². The zero-order valence-corrected chi connectivity index (χ0v) is 8.34. The molecule has 1 heterocycles. The van der Waals surface area contributed by atoms with Crippen molar-refractivity contribution in [1.29, 1.82) is 0 Å². The van der Waals surface area contributed by atoms with Crippen LogP contribution in [0.25, 0.3) is 0 Å². The molecule has 2 N–H and O–H groups in total. The van der Waals surface area contributed by atoms with E-state index >= 15 is 0 Å². The summed E-state index contributed by atoms with van der Waals surface area (Å²) in [5.74, 6) is -0.429. The fourth-order valence-corrected chi connectivity index (χ4v) is 2.07. The number of carbonyl (C=O) groups excluding carboxylic acids is 1. The van der Waals surface area contributed by atoms with Gasteiger partial charge in [0, 0.05) is 5.69 Å². The molecule has 0 unspecified atom stereocenters. The van der Waals surface area contributed by atoms with Crippen LogP contribution in [-0.2, 0) is 12.8 Å². The second-order valence-electron chi connectivity index (χ2n) is 3.80. The highest BCUT2D eigenvalue weighted by molar-refractivity contribution is 5.91. The quantitative estimate of drug-likeness (QED) is 0.727. The van der Waals surface area contributed by atoms with Crippen LogP contribution in [0.5, 0.6) is 0 Å². The molecule has 3 heteroatoms. The summed E-state index contributed by atoms with van der Waals surface area (Å²) in [6, 6.07) is 1.85. The van der Waals surface area contributed by atoms with E-state index in [4.69, 9.17) is 5.73 Å². The molecule has 1 aromatic heterocycles. The van der Waals surface area contributed by atoms with E-state index in [0.717, 1.165) is 18.5 Å². The van der Waals surface area contributed by atoms with Crippen molar-refractivity contribution in [2.45, 2.75) is 32.6 Å². The van der Waals surface area contributed by atoms with E-state index in [0.29, 0.717) is 5.69 Å². The lowest BCUT2D eigenvalue weighted by molar-refractivity contribution is 0.0995. The highest BCUT2D eigenvalue weighted by Gasteiger charge is 2.15. The summed E-state index contributed by atoms with van der Waals surface area (Å²) in [5.41, 5.74) is 9.17. The molecule has 0 aromatic carbocycles. The van der Waals surface area contributed by atoms with Crippen LogP contribution in [0.4, 0.5) is 0 Å². The third kappa shape index (κ3) is 1.50. The SMILES string of the molecule is Cc1nc(C(N)=O)cc2c1CCCC2. The van der Waals surface area contributed by atoms with Gasteiger partial charge < -0.3 is 5.73 Å².